The third-order valence-electron chi connectivity index (χ3n) is 9.99. The number of aromatic amines is 1. The van der Waals surface area contributed by atoms with E-state index in [2.05, 4.69) is 20.9 Å². The fourth-order valence-corrected chi connectivity index (χ4v) is 7.28. The van der Waals surface area contributed by atoms with Crippen molar-refractivity contribution in [1.29, 1.82) is 0 Å². The van der Waals surface area contributed by atoms with Crippen molar-refractivity contribution in [3.63, 3.8) is 0 Å². The monoisotopic (exact) mass is 682 g/mol. The first-order valence-electron chi connectivity index (χ1n) is 17.1. The van der Waals surface area contributed by atoms with Gasteiger partial charge in [0.1, 0.15) is 17.5 Å². The molecule has 10 nitrogen and oxygen atoms in total. The molecule has 4 atom stereocenters. The van der Waals surface area contributed by atoms with E-state index in [0.29, 0.717) is 60.1 Å². The Balaban J connectivity index is 1.54. The van der Waals surface area contributed by atoms with Crippen LogP contribution in [0.3, 0.4) is 0 Å². The highest BCUT2D eigenvalue weighted by Gasteiger charge is 2.47. The van der Waals surface area contributed by atoms with Gasteiger partial charge in [0, 0.05) is 37.2 Å². The Bertz CT molecular complexity index is 1610. The fraction of sp³-hybridized carbons (Fsp3) is 0.556. The summed E-state index contributed by atoms with van der Waals surface area (Å²) in [5, 5.41) is 9.41. The molecular weight excluding hydrogens is 635 g/mol. The fourth-order valence-electron chi connectivity index (χ4n) is 7.03. The minimum Gasteiger partial charge on any atom is -0.380 e. The molecule has 0 spiro atoms. The number of hydrogen-bond acceptors (Lipinski definition) is 5. The van der Waals surface area contributed by atoms with Gasteiger partial charge in [-0.25, -0.2) is 14.2 Å². The zero-order valence-electron chi connectivity index (χ0n) is 28.5. The Morgan fingerprint density at radius 2 is 1.85 bits per heavy atom. The molecule has 260 valence electrons. The van der Waals surface area contributed by atoms with Gasteiger partial charge in [0.15, 0.2) is 0 Å². The maximum absolute atomic E-state index is 16.3. The molecule has 5 rings (SSSR count). The van der Waals surface area contributed by atoms with E-state index < -0.39 is 29.1 Å². The summed E-state index contributed by atoms with van der Waals surface area (Å²) < 4.78 is 22.1. The molecule has 1 saturated heterocycles. The maximum Gasteiger partial charge on any atom is 0.317 e. The van der Waals surface area contributed by atoms with Crippen LogP contribution in [0.1, 0.15) is 89.2 Å². The third kappa shape index (κ3) is 7.17. The Labute approximate surface area is 286 Å². The number of amides is 4. The van der Waals surface area contributed by atoms with E-state index in [1.165, 1.54) is 13.8 Å². The van der Waals surface area contributed by atoms with Crippen LogP contribution in [0.25, 0.3) is 11.0 Å². The molecule has 1 aromatic heterocycles. The summed E-state index contributed by atoms with van der Waals surface area (Å²) in [6.07, 6.45) is 3.28. The van der Waals surface area contributed by atoms with Crippen LogP contribution < -0.4 is 16.0 Å². The lowest BCUT2D eigenvalue weighted by Crippen LogP contribution is -2.57. The average Bonchev–Trinajstić information content (AvgIpc) is 3.69. The summed E-state index contributed by atoms with van der Waals surface area (Å²) in [7, 11) is 0. The van der Waals surface area contributed by atoms with Gasteiger partial charge >= 0.3 is 6.03 Å². The molecule has 0 bridgehead atoms. The van der Waals surface area contributed by atoms with Gasteiger partial charge in [-0.3, -0.25) is 9.59 Å². The zero-order chi connectivity index (χ0) is 34.6. The van der Waals surface area contributed by atoms with E-state index >= 15 is 4.39 Å². The number of fused-ring (bicyclic) bond motifs is 1. The lowest BCUT2D eigenvalue weighted by atomic mass is 9.76. The molecule has 4 amide bonds. The van der Waals surface area contributed by atoms with Crippen molar-refractivity contribution in [2.45, 2.75) is 89.4 Å². The average molecular weight is 683 g/mol. The highest BCUT2D eigenvalue weighted by Crippen LogP contribution is 2.44. The van der Waals surface area contributed by atoms with Gasteiger partial charge < -0.3 is 30.6 Å². The van der Waals surface area contributed by atoms with E-state index in [1.807, 2.05) is 39.0 Å². The van der Waals surface area contributed by atoms with Crippen LogP contribution in [-0.2, 0) is 19.7 Å². The summed E-state index contributed by atoms with van der Waals surface area (Å²) >= 11 is 6.64. The van der Waals surface area contributed by atoms with E-state index in [0.717, 1.165) is 24.8 Å². The van der Waals surface area contributed by atoms with Gasteiger partial charge in [0.25, 0.3) is 0 Å². The molecule has 1 aliphatic heterocycles. The molecule has 4 N–H and O–H groups in total. The van der Waals surface area contributed by atoms with E-state index in [4.69, 9.17) is 21.3 Å². The van der Waals surface area contributed by atoms with Gasteiger partial charge in [0.2, 0.25) is 11.8 Å². The van der Waals surface area contributed by atoms with Crippen LogP contribution in [-0.4, -0.2) is 77.3 Å². The molecule has 12 heteroatoms. The van der Waals surface area contributed by atoms with Gasteiger partial charge in [-0.05, 0) is 89.1 Å². The minimum atomic E-state index is -1.82. The molecule has 2 aliphatic rings. The minimum absolute atomic E-state index is 0.104. The molecule has 48 heavy (non-hydrogen) atoms. The molecular formula is C36H48ClFN6O4. The number of nitrogens with zero attached hydrogens (tertiary/aromatic N) is 2. The number of imidazole rings is 1. The maximum atomic E-state index is 16.3. The van der Waals surface area contributed by atoms with Crippen molar-refractivity contribution < 1.29 is 23.5 Å². The Morgan fingerprint density at radius 1 is 1.12 bits per heavy atom. The van der Waals surface area contributed by atoms with E-state index in [-0.39, 0.29) is 30.4 Å². The number of halogens is 2. The quantitative estimate of drug-likeness (QED) is 0.178. The van der Waals surface area contributed by atoms with Crippen molar-refractivity contribution in [3.8, 4) is 0 Å². The summed E-state index contributed by atoms with van der Waals surface area (Å²) in [6.45, 7) is 10.6. The van der Waals surface area contributed by atoms with Crippen molar-refractivity contribution >= 4 is 40.5 Å². The Kier molecular flexibility index (Phi) is 11.0. The SMILES string of the molecule is CCNC(=O)[C@H](NC(=O)C1(c2ccc3nc(C(NC(=O)N(CC)CC)C(c4ccccc4Cl)C(C)(C)F)[nH]c3c2)CCOC1)C1CCC1. The van der Waals surface area contributed by atoms with Crippen LogP contribution in [0, 0.1) is 5.92 Å². The standard InChI is InChI=1S/C36H48ClFN6O4/c1-6-39-32(45)29(22-12-11-13-22)42-33(46)36(18-19-48-21-36)23-16-17-26-27(20-23)41-31(40-26)30(43-34(47)44(7-2)8-3)28(35(4,5)38)24-14-9-10-15-25(24)37/h9-10,14-17,20,22,28-30H,6-8,11-13,18-19,21H2,1-5H3,(H,39,45)(H,40,41)(H,42,46)(H,43,47)/t28?,29-,30?,36?/m1/s1. The zero-order valence-corrected chi connectivity index (χ0v) is 29.3. The number of benzene rings is 2. The molecule has 0 radical (unpaired) electrons. The number of likely N-dealkylation sites (N-methyl/N-ethyl adjacent to an activating group) is 1. The summed E-state index contributed by atoms with van der Waals surface area (Å²) in [5.41, 5.74) is -0.344. The third-order valence-corrected chi connectivity index (χ3v) is 10.3. The number of aromatic nitrogens is 2. The van der Waals surface area contributed by atoms with Crippen LogP contribution in [0.15, 0.2) is 42.5 Å². The molecule has 3 aromatic rings. The molecule has 2 fully saturated rings. The lowest BCUT2D eigenvalue weighted by Gasteiger charge is -2.36. The predicted molar refractivity (Wildman–Crippen MR) is 185 cm³/mol. The van der Waals surface area contributed by atoms with E-state index in [1.54, 1.807) is 29.2 Å². The highest BCUT2D eigenvalue weighted by molar-refractivity contribution is 6.31. The summed E-state index contributed by atoms with van der Waals surface area (Å²) in [6, 6.07) is 10.7. The molecule has 3 unspecified atom stereocenters. The molecule has 2 aromatic carbocycles. The molecule has 2 heterocycles. The summed E-state index contributed by atoms with van der Waals surface area (Å²) in [4.78, 5) is 50.4. The number of carbonyl (C=O) groups excluding carboxylic acids is 3. The number of urea groups is 1. The summed E-state index contributed by atoms with van der Waals surface area (Å²) in [5.74, 6) is -0.846. The number of hydrogen-bond donors (Lipinski definition) is 4. The first kappa shape index (κ1) is 35.6. The van der Waals surface area contributed by atoms with Crippen LogP contribution >= 0.6 is 11.6 Å². The first-order valence-corrected chi connectivity index (χ1v) is 17.5. The van der Waals surface area contributed by atoms with Crippen molar-refractivity contribution in [2.75, 3.05) is 32.8 Å². The number of nitrogens with one attached hydrogen (secondary N) is 4. The second-order valence-corrected chi connectivity index (χ2v) is 13.8. The second kappa shape index (κ2) is 14.8. The normalized spacial score (nSPS) is 20.1. The topological polar surface area (TPSA) is 128 Å². The highest BCUT2D eigenvalue weighted by atomic mass is 35.5. The number of carbonyl (C=O) groups is 3. The Hall–Kier alpha value is -3.70. The number of ether oxygens (including phenoxy) is 1. The van der Waals surface area contributed by atoms with Crippen molar-refractivity contribution in [2.24, 2.45) is 5.92 Å². The second-order valence-electron chi connectivity index (χ2n) is 13.4. The van der Waals surface area contributed by atoms with Crippen LogP contribution in [0.5, 0.6) is 0 Å². The molecule has 1 saturated carbocycles. The first-order chi connectivity index (χ1) is 22.9. The van der Waals surface area contributed by atoms with Gasteiger partial charge in [-0.15, -0.1) is 0 Å². The smallest absolute Gasteiger partial charge is 0.317 e. The van der Waals surface area contributed by atoms with Gasteiger partial charge in [-0.2, -0.15) is 0 Å². The van der Waals surface area contributed by atoms with Gasteiger partial charge in [0.05, 0.1) is 29.1 Å². The van der Waals surface area contributed by atoms with Gasteiger partial charge in [-0.1, -0.05) is 42.3 Å². The molecule has 1 aliphatic carbocycles. The number of rotatable bonds is 13. The predicted octanol–water partition coefficient (Wildman–Crippen LogP) is 5.92. The van der Waals surface area contributed by atoms with Crippen LogP contribution in [0.4, 0.5) is 9.18 Å². The van der Waals surface area contributed by atoms with Crippen molar-refractivity contribution in [3.05, 3.63) is 64.4 Å². The number of H-pyrrole nitrogens is 1. The number of alkyl halides is 1. The lowest BCUT2D eigenvalue weighted by molar-refractivity contribution is -0.134. The largest absolute Gasteiger partial charge is 0.380 e. The van der Waals surface area contributed by atoms with Crippen LogP contribution in [0.2, 0.25) is 5.02 Å². The van der Waals surface area contributed by atoms with E-state index in [9.17, 15) is 14.4 Å². The van der Waals surface area contributed by atoms with Crippen molar-refractivity contribution in [1.82, 2.24) is 30.8 Å². The Morgan fingerprint density at radius 3 is 2.44 bits per heavy atom.